The zero-order valence-corrected chi connectivity index (χ0v) is 12.5. The van der Waals surface area contributed by atoms with Crippen LogP contribution in [0.5, 0.6) is 11.5 Å². The maximum absolute atomic E-state index is 11.6. The van der Waals surface area contributed by atoms with E-state index >= 15 is 0 Å². The molecule has 5 nitrogen and oxygen atoms in total. The van der Waals surface area contributed by atoms with Gasteiger partial charge in [0.25, 0.3) is 0 Å². The van der Waals surface area contributed by atoms with Crippen molar-refractivity contribution in [3.63, 3.8) is 0 Å². The first-order valence-electron chi connectivity index (χ1n) is 6.26. The van der Waals surface area contributed by atoms with Crippen LogP contribution in [-0.2, 0) is 9.53 Å². The fraction of sp³-hybridized carbons (Fsp3) is 0.467. The van der Waals surface area contributed by atoms with E-state index in [-0.39, 0.29) is 12.4 Å². The number of Topliss-reactive ketones (excluding diaryl/α,β-unsaturated/α-hetero) is 1. The molecule has 0 amide bonds. The second-order valence-corrected chi connectivity index (χ2v) is 5.30. The van der Waals surface area contributed by atoms with Gasteiger partial charge < -0.3 is 14.2 Å². The van der Waals surface area contributed by atoms with Crippen LogP contribution in [0.25, 0.3) is 0 Å². The smallest absolute Gasteiger partial charge is 0.344 e. The Morgan fingerprint density at radius 2 is 1.80 bits per heavy atom. The van der Waals surface area contributed by atoms with E-state index < -0.39 is 11.6 Å². The highest BCUT2D eigenvalue weighted by Gasteiger charge is 2.17. The summed E-state index contributed by atoms with van der Waals surface area (Å²) in [5.74, 6) is 0.266. The van der Waals surface area contributed by atoms with Gasteiger partial charge >= 0.3 is 5.97 Å². The molecule has 0 unspecified atom stereocenters. The molecular weight excluding hydrogens is 260 g/mol. The number of esters is 1. The SMILES string of the molecule is COc1cc(C(C)=O)ccc1OCC(=O)OC(C)(C)C. The lowest BCUT2D eigenvalue weighted by Crippen LogP contribution is -2.27. The number of benzene rings is 1. The van der Waals surface area contributed by atoms with E-state index in [9.17, 15) is 9.59 Å². The summed E-state index contributed by atoms with van der Waals surface area (Å²) in [6.07, 6.45) is 0. The molecule has 0 heterocycles. The van der Waals surface area contributed by atoms with Crippen LogP contribution in [0.2, 0.25) is 0 Å². The van der Waals surface area contributed by atoms with E-state index in [1.807, 2.05) is 0 Å². The lowest BCUT2D eigenvalue weighted by Gasteiger charge is -2.19. The number of hydrogen-bond donors (Lipinski definition) is 0. The molecule has 5 heteroatoms. The van der Waals surface area contributed by atoms with Gasteiger partial charge in [0.1, 0.15) is 5.60 Å². The fourth-order valence-electron chi connectivity index (χ4n) is 1.51. The maximum Gasteiger partial charge on any atom is 0.344 e. The largest absolute Gasteiger partial charge is 0.493 e. The Hall–Kier alpha value is -2.04. The average Bonchev–Trinajstić information content (AvgIpc) is 2.33. The Bertz CT molecular complexity index is 499. The minimum atomic E-state index is -0.553. The normalized spacial score (nSPS) is 10.8. The van der Waals surface area contributed by atoms with E-state index in [4.69, 9.17) is 14.2 Å². The van der Waals surface area contributed by atoms with Crippen molar-refractivity contribution in [2.45, 2.75) is 33.3 Å². The summed E-state index contributed by atoms with van der Waals surface area (Å²) in [5, 5.41) is 0. The molecule has 110 valence electrons. The predicted octanol–water partition coefficient (Wildman–Crippen LogP) is 2.62. The van der Waals surface area contributed by atoms with Gasteiger partial charge in [-0.15, -0.1) is 0 Å². The van der Waals surface area contributed by atoms with Gasteiger partial charge in [-0.05, 0) is 45.9 Å². The van der Waals surface area contributed by atoms with Gasteiger partial charge in [-0.3, -0.25) is 4.79 Å². The zero-order chi connectivity index (χ0) is 15.3. The number of ketones is 1. The zero-order valence-electron chi connectivity index (χ0n) is 12.5. The standard InChI is InChI=1S/C15H20O5/c1-10(16)11-6-7-12(13(8-11)18-5)19-9-14(17)20-15(2,3)4/h6-8H,9H2,1-5H3. The molecule has 1 aromatic rings. The summed E-state index contributed by atoms with van der Waals surface area (Å²) in [6, 6.07) is 4.79. The quantitative estimate of drug-likeness (QED) is 0.613. The summed E-state index contributed by atoms with van der Waals surface area (Å²) < 4.78 is 15.6. The highest BCUT2D eigenvalue weighted by molar-refractivity contribution is 5.94. The Balaban J connectivity index is 2.73. The highest BCUT2D eigenvalue weighted by atomic mass is 16.6. The van der Waals surface area contributed by atoms with E-state index in [1.165, 1.54) is 14.0 Å². The van der Waals surface area contributed by atoms with E-state index in [1.54, 1.807) is 39.0 Å². The van der Waals surface area contributed by atoms with Crippen LogP contribution in [-0.4, -0.2) is 31.1 Å². The molecule has 1 aromatic carbocycles. The summed E-state index contributed by atoms with van der Waals surface area (Å²) in [5.41, 5.74) is -0.0327. The van der Waals surface area contributed by atoms with Crippen LogP contribution in [0, 0.1) is 0 Å². The number of hydrogen-bond acceptors (Lipinski definition) is 5. The number of carbonyl (C=O) groups is 2. The van der Waals surface area contributed by atoms with Crippen molar-refractivity contribution in [1.82, 2.24) is 0 Å². The van der Waals surface area contributed by atoms with Crippen molar-refractivity contribution < 1.29 is 23.8 Å². The van der Waals surface area contributed by atoms with Crippen molar-refractivity contribution in [1.29, 1.82) is 0 Å². The molecule has 0 bridgehead atoms. The van der Waals surface area contributed by atoms with Gasteiger partial charge in [-0.1, -0.05) is 0 Å². The molecule has 0 aromatic heterocycles. The Morgan fingerprint density at radius 3 is 2.30 bits per heavy atom. The molecule has 0 aliphatic rings. The molecule has 0 N–H and O–H groups in total. The van der Waals surface area contributed by atoms with Crippen molar-refractivity contribution in [3.05, 3.63) is 23.8 Å². The Labute approximate surface area is 118 Å². The molecule has 0 spiro atoms. The van der Waals surface area contributed by atoms with Gasteiger partial charge in [-0.25, -0.2) is 4.79 Å². The van der Waals surface area contributed by atoms with E-state index in [0.29, 0.717) is 17.1 Å². The topological polar surface area (TPSA) is 61.8 Å². The first kappa shape index (κ1) is 16.0. The predicted molar refractivity (Wildman–Crippen MR) is 74.3 cm³/mol. The third-order valence-electron chi connectivity index (χ3n) is 2.34. The molecule has 0 saturated heterocycles. The summed E-state index contributed by atoms with van der Waals surface area (Å²) in [4.78, 5) is 22.8. The van der Waals surface area contributed by atoms with E-state index in [2.05, 4.69) is 0 Å². The highest BCUT2D eigenvalue weighted by Crippen LogP contribution is 2.28. The molecule has 0 radical (unpaired) electrons. The Morgan fingerprint density at radius 1 is 1.15 bits per heavy atom. The summed E-state index contributed by atoms with van der Waals surface area (Å²) in [6.45, 7) is 6.61. The number of carbonyl (C=O) groups excluding carboxylic acids is 2. The van der Waals surface area contributed by atoms with Crippen LogP contribution < -0.4 is 9.47 Å². The monoisotopic (exact) mass is 280 g/mol. The second kappa shape index (κ2) is 6.41. The van der Waals surface area contributed by atoms with Gasteiger partial charge in [0.05, 0.1) is 7.11 Å². The van der Waals surface area contributed by atoms with Gasteiger partial charge in [0.15, 0.2) is 23.9 Å². The minimum Gasteiger partial charge on any atom is -0.493 e. The van der Waals surface area contributed by atoms with Crippen molar-refractivity contribution in [2.75, 3.05) is 13.7 Å². The third kappa shape index (κ3) is 4.91. The van der Waals surface area contributed by atoms with E-state index in [0.717, 1.165) is 0 Å². The number of ether oxygens (including phenoxy) is 3. The minimum absolute atomic E-state index is 0.0676. The first-order valence-corrected chi connectivity index (χ1v) is 6.26. The maximum atomic E-state index is 11.6. The third-order valence-corrected chi connectivity index (χ3v) is 2.34. The molecule has 1 rings (SSSR count). The van der Waals surface area contributed by atoms with Crippen molar-refractivity contribution in [2.24, 2.45) is 0 Å². The second-order valence-electron chi connectivity index (χ2n) is 5.30. The average molecular weight is 280 g/mol. The van der Waals surface area contributed by atoms with Crippen LogP contribution in [0.3, 0.4) is 0 Å². The van der Waals surface area contributed by atoms with Gasteiger partial charge in [-0.2, -0.15) is 0 Å². The van der Waals surface area contributed by atoms with Crippen LogP contribution >= 0.6 is 0 Å². The van der Waals surface area contributed by atoms with Crippen LogP contribution in [0.4, 0.5) is 0 Å². The van der Waals surface area contributed by atoms with Crippen molar-refractivity contribution in [3.8, 4) is 11.5 Å². The van der Waals surface area contributed by atoms with Gasteiger partial charge in [0, 0.05) is 5.56 Å². The number of rotatable bonds is 5. The summed E-state index contributed by atoms with van der Waals surface area (Å²) >= 11 is 0. The summed E-state index contributed by atoms with van der Waals surface area (Å²) in [7, 11) is 1.47. The lowest BCUT2D eigenvalue weighted by molar-refractivity contribution is -0.157. The molecule has 0 aliphatic carbocycles. The molecule has 0 fully saturated rings. The molecule has 0 atom stereocenters. The Kier molecular flexibility index (Phi) is 5.13. The fourth-order valence-corrected chi connectivity index (χ4v) is 1.51. The lowest BCUT2D eigenvalue weighted by atomic mass is 10.1. The first-order chi connectivity index (χ1) is 9.23. The molecule has 0 saturated carbocycles. The number of methoxy groups -OCH3 is 1. The van der Waals surface area contributed by atoms with Crippen LogP contribution in [0.15, 0.2) is 18.2 Å². The van der Waals surface area contributed by atoms with Gasteiger partial charge in [0.2, 0.25) is 0 Å². The molecule has 20 heavy (non-hydrogen) atoms. The van der Waals surface area contributed by atoms with Crippen LogP contribution in [0.1, 0.15) is 38.1 Å². The molecular formula is C15H20O5. The molecule has 0 aliphatic heterocycles. The van der Waals surface area contributed by atoms with Crippen molar-refractivity contribution >= 4 is 11.8 Å².